The third-order valence-corrected chi connectivity index (χ3v) is 3.57. The Morgan fingerprint density at radius 3 is 2.94 bits per heavy atom. The van der Waals surface area contributed by atoms with E-state index in [2.05, 4.69) is 28.8 Å². The van der Waals surface area contributed by atoms with E-state index in [1.807, 2.05) is 28.9 Å². The molecule has 0 N–H and O–H groups in total. The maximum absolute atomic E-state index is 4.61. The largest absolute Gasteiger partial charge is 0.300 e. The number of hydrogen-bond donors (Lipinski definition) is 0. The molecule has 3 rings (SSSR count). The number of aromatic nitrogens is 3. The van der Waals surface area contributed by atoms with E-state index in [-0.39, 0.29) is 0 Å². The maximum atomic E-state index is 4.61. The monoisotopic (exact) mass is 230 g/mol. The molecule has 4 heteroatoms. The van der Waals surface area contributed by atoms with Crippen molar-refractivity contribution in [3.63, 3.8) is 0 Å². The van der Waals surface area contributed by atoms with Crippen LogP contribution in [0.4, 0.5) is 0 Å². The minimum absolute atomic E-state index is 0.497. The summed E-state index contributed by atoms with van der Waals surface area (Å²) in [5.74, 6) is 1.50. The summed E-state index contributed by atoms with van der Waals surface area (Å²) in [7, 11) is 0. The third kappa shape index (κ3) is 1.93. The molecule has 2 aromatic rings. The highest BCUT2D eigenvalue weighted by Gasteiger charge is 2.28. The van der Waals surface area contributed by atoms with Gasteiger partial charge in [0.25, 0.3) is 0 Å². The Balaban J connectivity index is 1.85. The van der Waals surface area contributed by atoms with Gasteiger partial charge in [-0.25, -0.2) is 9.50 Å². The zero-order chi connectivity index (χ0) is 11.8. The smallest absolute Gasteiger partial charge is 0.156 e. The van der Waals surface area contributed by atoms with Crippen LogP contribution >= 0.6 is 0 Å². The van der Waals surface area contributed by atoms with Gasteiger partial charge in [-0.05, 0) is 38.9 Å². The van der Waals surface area contributed by atoms with Crippen molar-refractivity contribution in [1.29, 1.82) is 0 Å². The number of hydrogen-bond acceptors (Lipinski definition) is 3. The first-order chi connectivity index (χ1) is 8.24. The molecular weight excluding hydrogens is 212 g/mol. The zero-order valence-electron chi connectivity index (χ0n) is 10.4. The molecule has 1 aliphatic heterocycles. The molecule has 1 atom stereocenters. The number of rotatable bonds is 2. The lowest BCUT2D eigenvalue weighted by atomic mass is 10.1. The van der Waals surface area contributed by atoms with E-state index in [1.54, 1.807) is 0 Å². The number of likely N-dealkylation sites (tertiary alicyclic amines) is 1. The van der Waals surface area contributed by atoms with Crippen LogP contribution in [0.15, 0.2) is 24.4 Å². The molecule has 0 spiro atoms. The standard InChI is InChI=1S/C13H18N4/c1-10(2)16-8-6-11(9-16)13-14-12-5-3-4-7-17(12)15-13/h3-5,7,10-11H,6,8-9H2,1-2H3. The molecule has 0 saturated carbocycles. The molecule has 1 saturated heterocycles. The van der Waals surface area contributed by atoms with Crippen molar-refractivity contribution in [3.8, 4) is 0 Å². The van der Waals surface area contributed by atoms with Crippen LogP contribution in [0.2, 0.25) is 0 Å². The fourth-order valence-corrected chi connectivity index (χ4v) is 2.49. The first-order valence-corrected chi connectivity index (χ1v) is 6.29. The lowest BCUT2D eigenvalue weighted by molar-refractivity contribution is 0.272. The van der Waals surface area contributed by atoms with Crippen LogP contribution in [0.3, 0.4) is 0 Å². The summed E-state index contributed by atoms with van der Waals surface area (Å²) >= 11 is 0. The van der Waals surface area contributed by atoms with E-state index in [0.717, 1.165) is 24.6 Å². The lowest BCUT2D eigenvalue weighted by Crippen LogP contribution is -2.28. The van der Waals surface area contributed by atoms with Crippen molar-refractivity contribution in [2.75, 3.05) is 13.1 Å². The van der Waals surface area contributed by atoms with Gasteiger partial charge in [-0.1, -0.05) is 6.07 Å². The SMILES string of the molecule is CC(C)N1CCC(c2nc3ccccn3n2)C1. The Hall–Kier alpha value is -1.42. The summed E-state index contributed by atoms with van der Waals surface area (Å²) in [6.07, 6.45) is 3.13. The second-order valence-electron chi connectivity index (χ2n) is 5.05. The second kappa shape index (κ2) is 4.11. The van der Waals surface area contributed by atoms with Crippen molar-refractivity contribution in [2.24, 2.45) is 0 Å². The fraction of sp³-hybridized carbons (Fsp3) is 0.538. The van der Waals surface area contributed by atoms with Crippen molar-refractivity contribution in [1.82, 2.24) is 19.5 Å². The molecule has 90 valence electrons. The van der Waals surface area contributed by atoms with Crippen LogP contribution in [0.1, 0.15) is 32.0 Å². The molecule has 0 bridgehead atoms. The van der Waals surface area contributed by atoms with Crippen LogP contribution in [0.5, 0.6) is 0 Å². The summed E-state index contributed by atoms with van der Waals surface area (Å²) < 4.78 is 1.87. The number of fused-ring (bicyclic) bond motifs is 1. The molecule has 4 nitrogen and oxygen atoms in total. The van der Waals surface area contributed by atoms with Crippen molar-refractivity contribution >= 4 is 5.65 Å². The summed E-state index contributed by atoms with van der Waals surface area (Å²) in [5.41, 5.74) is 0.950. The molecular formula is C13H18N4. The highest BCUT2D eigenvalue weighted by atomic mass is 15.3. The Labute approximate surface area is 101 Å². The molecule has 3 heterocycles. The van der Waals surface area contributed by atoms with Gasteiger partial charge in [0.1, 0.15) is 0 Å². The van der Waals surface area contributed by atoms with Crippen LogP contribution in [-0.4, -0.2) is 38.6 Å². The quantitative estimate of drug-likeness (QED) is 0.790. The average Bonchev–Trinajstić information content (AvgIpc) is 2.95. The van der Waals surface area contributed by atoms with Gasteiger partial charge in [-0.2, -0.15) is 5.10 Å². The summed E-state index contributed by atoms with van der Waals surface area (Å²) in [6.45, 7) is 6.76. The summed E-state index contributed by atoms with van der Waals surface area (Å²) in [6, 6.07) is 6.62. The van der Waals surface area contributed by atoms with Crippen LogP contribution in [-0.2, 0) is 0 Å². The third-order valence-electron chi connectivity index (χ3n) is 3.57. The van der Waals surface area contributed by atoms with E-state index < -0.39 is 0 Å². The van der Waals surface area contributed by atoms with E-state index in [4.69, 9.17) is 0 Å². The molecule has 0 amide bonds. The van der Waals surface area contributed by atoms with Crippen molar-refractivity contribution in [3.05, 3.63) is 30.2 Å². The number of pyridine rings is 1. The first kappa shape index (κ1) is 10.7. The van der Waals surface area contributed by atoms with Gasteiger partial charge < -0.3 is 4.90 Å². The maximum Gasteiger partial charge on any atom is 0.156 e. The van der Waals surface area contributed by atoms with Crippen LogP contribution in [0, 0.1) is 0 Å². The predicted molar refractivity (Wildman–Crippen MR) is 67.1 cm³/mol. The normalized spacial score (nSPS) is 21.7. The molecule has 1 fully saturated rings. The summed E-state index contributed by atoms with van der Waals surface area (Å²) in [4.78, 5) is 7.11. The van der Waals surface area contributed by atoms with Crippen LogP contribution in [0.25, 0.3) is 5.65 Å². The molecule has 0 aliphatic carbocycles. The minimum atomic E-state index is 0.497. The molecule has 0 radical (unpaired) electrons. The van der Waals surface area contributed by atoms with Crippen LogP contribution < -0.4 is 0 Å². The second-order valence-corrected chi connectivity index (χ2v) is 5.05. The fourth-order valence-electron chi connectivity index (χ4n) is 2.49. The van der Waals surface area contributed by atoms with Gasteiger partial charge in [0, 0.05) is 24.7 Å². The first-order valence-electron chi connectivity index (χ1n) is 6.29. The zero-order valence-corrected chi connectivity index (χ0v) is 10.4. The van der Waals surface area contributed by atoms with Gasteiger partial charge in [-0.3, -0.25) is 0 Å². The Morgan fingerprint density at radius 2 is 2.24 bits per heavy atom. The Bertz CT molecular complexity index is 484. The molecule has 2 aromatic heterocycles. The highest BCUT2D eigenvalue weighted by Crippen LogP contribution is 2.26. The van der Waals surface area contributed by atoms with Gasteiger partial charge in [0.15, 0.2) is 11.5 Å². The average molecular weight is 230 g/mol. The van der Waals surface area contributed by atoms with E-state index in [1.165, 1.54) is 6.42 Å². The van der Waals surface area contributed by atoms with Gasteiger partial charge in [-0.15, -0.1) is 0 Å². The van der Waals surface area contributed by atoms with Crippen molar-refractivity contribution in [2.45, 2.75) is 32.2 Å². The minimum Gasteiger partial charge on any atom is -0.300 e. The highest BCUT2D eigenvalue weighted by molar-refractivity contribution is 5.36. The molecule has 17 heavy (non-hydrogen) atoms. The number of nitrogens with zero attached hydrogens (tertiary/aromatic N) is 4. The topological polar surface area (TPSA) is 33.4 Å². The molecule has 1 aliphatic rings. The van der Waals surface area contributed by atoms with Gasteiger partial charge >= 0.3 is 0 Å². The predicted octanol–water partition coefficient (Wildman–Crippen LogP) is 1.93. The summed E-state index contributed by atoms with van der Waals surface area (Å²) in [5, 5.41) is 4.57. The van der Waals surface area contributed by atoms with Gasteiger partial charge in [0.2, 0.25) is 0 Å². The lowest BCUT2D eigenvalue weighted by Gasteiger charge is -2.19. The Morgan fingerprint density at radius 1 is 1.35 bits per heavy atom. The van der Waals surface area contributed by atoms with Crippen molar-refractivity contribution < 1.29 is 0 Å². The van der Waals surface area contributed by atoms with Gasteiger partial charge in [0.05, 0.1) is 0 Å². The van der Waals surface area contributed by atoms with E-state index in [9.17, 15) is 0 Å². The van der Waals surface area contributed by atoms with E-state index >= 15 is 0 Å². The molecule has 1 unspecified atom stereocenters. The molecule has 0 aromatic carbocycles. The van der Waals surface area contributed by atoms with E-state index in [0.29, 0.717) is 12.0 Å². The Kier molecular flexibility index (Phi) is 2.59.